The van der Waals surface area contributed by atoms with Crippen molar-refractivity contribution in [3.8, 4) is 0 Å². The van der Waals surface area contributed by atoms with E-state index in [1.165, 1.54) is 29.7 Å². The lowest BCUT2D eigenvalue weighted by Crippen LogP contribution is -2.12. The van der Waals surface area contributed by atoms with Gasteiger partial charge in [0.1, 0.15) is 0 Å². The molecule has 1 aromatic carbocycles. The van der Waals surface area contributed by atoms with Gasteiger partial charge in [-0.2, -0.15) is 0 Å². The standard InChI is InChI=1S/C9H8BrN3O2S2/c10-8-5-12-9(16-8)13-17(14,15)7-3-1-2-6(11)4-7/h1-5H,11H2,(H,12,13). The number of sulfonamides is 1. The summed E-state index contributed by atoms with van der Waals surface area (Å²) in [7, 11) is -3.63. The first-order valence-corrected chi connectivity index (χ1v) is 7.56. The van der Waals surface area contributed by atoms with Crippen molar-refractivity contribution in [3.63, 3.8) is 0 Å². The monoisotopic (exact) mass is 333 g/mol. The van der Waals surface area contributed by atoms with Gasteiger partial charge in [-0.25, -0.2) is 13.4 Å². The Morgan fingerprint density at radius 3 is 2.76 bits per heavy atom. The van der Waals surface area contributed by atoms with Gasteiger partial charge in [0.2, 0.25) is 0 Å². The van der Waals surface area contributed by atoms with E-state index in [1.807, 2.05) is 0 Å². The quantitative estimate of drug-likeness (QED) is 0.844. The number of rotatable bonds is 3. The van der Waals surface area contributed by atoms with Gasteiger partial charge in [0.05, 0.1) is 14.9 Å². The van der Waals surface area contributed by atoms with Crippen molar-refractivity contribution in [2.45, 2.75) is 4.90 Å². The molecule has 5 nitrogen and oxygen atoms in total. The summed E-state index contributed by atoms with van der Waals surface area (Å²) >= 11 is 4.41. The van der Waals surface area contributed by atoms with E-state index in [4.69, 9.17) is 5.73 Å². The molecule has 0 unspecified atom stereocenters. The second-order valence-electron chi connectivity index (χ2n) is 3.15. The highest BCUT2D eigenvalue weighted by Gasteiger charge is 2.15. The highest BCUT2D eigenvalue weighted by atomic mass is 79.9. The number of nitrogen functional groups attached to an aromatic ring is 1. The number of anilines is 2. The van der Waals surface area contributed by atoms with Crippen LogP contribution in [0.5, 0.6) is 0 Å². The van der Waals surface area contributed by atoms with Crippen LogP contribution in [0.15, 0.2) is 39.1 Å². The minimum absolute atomic E-state index is 0.115. The molecule has 0 aliphatic carbocycles. The number of halogens is 1. The molecule has 0 aliphatic rings. The third kappa shape index (κ3) is 2.96. The SMILES string of the molecule is Nc1cccc(S(=O)(=O)Nc2ncc(Br)s2)c1. The third-order valence-corrected chi connectivity index (χ3v) is 4.72. The summed E-state index contributed by atoms with van der Waals surface area (Å²) in [4.78, 5) is 4.01. The van der Waals surface area contributed by atoms with Crippen LogP contribution in [0.1, 0.15) is 0 Å². The Hall–Kier alpha value is -1.12. The summed E-state index contributed by atoms with van der Waals surface area (Å²) in [6, 6.07) is 6.08. The zero-order valence-corrected chi connectivity index (χ0v) is 11.6. The van der Waals surface area contributed by atoms with E-state index in [0.29, 0.717) is 10.8 Å². The van der Waals surface area contributed by atoms with Crippen LogP contribution in [0.2, 0.25) is 0 Å². The number of hydrogen-bond acceptors (Lipinski definition) is 5. The van der Waals surface area contributed by atoms with E-state index in [9.17, 15) is 8.42 Å². The Morgan fingerprint density at radius 1 is 1.41 bits per heavy atom. The normalized spacial score (nSPS) is 11.4. The number of thiazole rings is 1. The smallest absolute Gasteiger partial charge is 0.263 e. The highest BCUT2D eigenvalue weighted by molar-refractivity contribution is 9.11. The van der Waals surface area contributed by atoms with Crippen LogP contribution in [0, 0.1) is 0 Å². The lowest BCUT2D eigenvalue weighted by Gasteiger charge is -2.05. The fourth-order valence-electron chi connectivity index (χ4n) is 1.16. The number of hydrogen-bond donors (Lipinski definition) is 2. The third-order valence-electron chi connectivity index (χ3n) is 1.87. The highest BCUT2D eigenvalue weighted by Crippen LogP contribution is 2.25. The van der Waals surface area contributed by atoms with Crippen LogP contribution in [0.3, 0.4) is 0 Å². The fourth-order valence-corrected chi connectivity index (χ4v) is 3.56. The molecule has 0 fully saturated rings. The molecule has 3 N–H and O–H groups in total. The first-order valence-electron chi connectivity index (χ1n) is 4.47. The van der Waals surface area contributed by atoms with Gasteiger partial charge >= 0.3 is 0 Å². The zero-order chi connectivity index (χ0) is 12.5. The van der Waals surface area contributed by atoms with Gasteiger partial charge in [0.15, 0.2) is 5.13 Å². The summed E-state index contributed by atoms with van der Waals surface area (Å²) in [5, 5.41) is 0.305. The van der Waals surface area contributed by atoms with Crippen molar-refractivity contribution < 1.29 is 8.42 Å². The molecule has 2 aromatic rings. The minimum atomic E-state index is -3.63. The van der Waals surface area contributed by atoms with Crippen molar-refractivity contribution in [2.24, 2.45) is 0 Å². The molecule has 0 radical (unpaired) electrons. The number of aromatic nitrogens is 1. The van der Waals surface area contributed by atoms with E-state index in [-0.39, 0.29) is 4.90 Å². The Balaban J connectivity index is 2.31. The average Bonchev–Trinajstić information content (AvgIpc) is 2.63. The molecule has 1 heterocycles. The molecule has 0 atom stereocenters. The van der Waals surface area contributed by atoms with Crippen molar-refractivity contribution in [1.29, 1.82) is 0 Å². The average molecular weight is 334 g/mol. The molecule has 0 saturated heterocycles. The second kappa shape index (κ2) is 4.63. The van der Waals surface area contributed by atoms with Crippen molar-refractivity contribution in [2.75, 3.05) is 10.5 Å². The van der Waals surface area contributed by atoms with E-state index >= 15 is 0 Å². The number of nitrogens with two attached hydrogens (primary N) is 1. The molecule has 0 spiro atoms. The molecular weight excluding hydrogens is 326 g/mol. The van der Waals surface area contributed by atoms with E-state index in [0.717, 1.165) is 3.79 Å². The van der Waals surface area contributed by atoms with Gasteiger partial charge in [-0.1, -0.05) is 17.4 Å². The van der Waals surface area contributed by atoms with Gasteiger partial charge in [0.25, 0.3) is 10.0 Å². The predicted molar refractivity (Wildman–Crippen MR) is 71.5 cm³/mol. The van der Waals surface area contributed by atoms with Gasteiger partial charge in [-0.3, -0.25) is 4.72 Å². The van der Waals surface area contributed by atoms with E-state index in [1.54, 1.807) is 12.1 Å². The van der Waals surface area contributed by atoms with Crippen LogP contribution < -0.4 is 10.5 Å². The molecule has 8 heteroatoms. The summed E-state index contributed by atoms with van der Waals surface area (Å²) in [5.74, 6) is 0. The van der Waals surface area contributed by atoms with Gasteiger partial charge in [0, 0.05) is 5.69 Å². The lowest BCUT2D eigenvalue weighted by molar-refractivity contribution is 0.601. The Bertz CT molecular complexity index is 639. The summed E-state index contributed by atoms with van der Waals surface area (Å²) < 4.78 is 27.0. The largest absolute Gasteiger partial charge is 0.399 e. The Morgan fingerprint density at radius 2 is 2.18 bits per heavy atom. The molecule has 17 heavy (non-hydrogen) atoms. The lowest BCUT2D eigenvalue weighted by atomic mass is 10.3. The van der Waals surface area contributed by atoms with Gasteiger partial charge in [-0.15, -0.1) is 0 Å². The zero-order valence-electron chi connectivity index (χ0n) is 8.42. The van der Waals surface area contributed by atoms with Crippen LogP contribution >= 0.6 is 27.3 Å². The first kappa shape index (κ1) is 12.3. The number of nitrogens with zero attached hydrogens (tertiary/aromatic N) is 1. The van der Waals surface area contributed by atoms with Crippen LogP contribution in [-0.2, 0) is 10.0 Å². The molecule has 0 saturated carbocycles. The number of nitrogens with one attached hydrogen (secondary N) is 1. The van der Waals surface area contributed by atoms with Crippen molar-refractivity contribution in [1.82, 2.24) is 4.98 Å². The molecule has 2 rings (SSSR count). The van der Waals surface area contributed by atoms with Gasteiger partial charge < -0.3 is 5.73 Å². The van der Waals surface area contributed by atoms with Gasteiger partial charge in [-0.05, 0) is 34.1 Å². The Kier molecular flexibility index (Phi) is 3.36. The predicted octanol–water partition coefficient (Wildman–Crippen LogP) is 2.29. The summed E-state index contributed by atoms with van der Waals surface area (Å²) in [6.07, 6.45) is 1.53. The van der Waals surface area contributed by atoms with Crippen molar-refractivity contribution >= 4 is 48.1 Å². The molecule has 0 aliphatic heterocycles. The maximum atomic E-state index is 11.9. The molecule has 1 aromatic heterocycles. The summed E-state index contributed by atoms with van der Waals surface area (Å²) in [6.45, 7) is 0. The van der Waals surface area contributed by atoms with Crippen molar-refractivity contribution in [3.05, 3.63) is 34.2 Å². The number of benzene rings is 1. The maximum Gasteiger partial charge on any atom is 0.263 e. The molecule has 0 bridgehead atoms. The van der Waals surface area contributed by atoms with Crippen LogP contribution in [-0.4, -0.2) is 13.4 Å². The fraction of sp³-hybridized carbons (Fsp3) is 0. The second-order valence-corrected chi connectivity index (χ2v) is 7.24. The summed E-state index contributed by atoms with van der Waals surface area (Å²) in [5.41, 5.74) is 5.94. The van der Waals surface area contributed by atoms with Crippen LogP contribution in [0.25, 0.3) is 0 Å². The minimum Gasteiger partial charge on any atom is -0.399 e. The topological polar surface area (TPSA) is 85.1 Å². The van der Waals surface area contributed by atoms with E-state index < -0.39 is 10.0 Å². The maximum absolute atomic E-state index is 11.9. The molecular formula is C9H8BrN3O2S2. The van der Waals surface area contributed by atoms with Crippen LogP contribution in [0.4, 0.5) is 10.8 Å². The Labute approximate surface area is 111 Å². The molecule has 90 valence electrons. The first-order chi connectivity index (χ1) is 7.97. The van der Waals surface area contributed by atoms with E-state index in [2.05, 4.69) is 25.6 Å². The molecule has 0 amide bonds.